The minimum atomic E-state index is 0.410. The van der Waals surface area contributed by atoms with Gasteiger partial charge in [0, 0.05) is 16.5 Å². The van der Waals surface area contributed by atoms with Crippen LogP contribution in [0, 0.1) is 0 Å². The molecule has 0 saturated heterocycles. The van der Waals surface area contributed by atoms with E-state index in [0.717, 1.165) is 34.3 Å². The van der Waals surface area contributed by atoms with E-state index in [4.69, 9.17) is 14.5 Å². The third-order valence-corrected chi connectivity index (χ3v) is 5.13. The van der Waals surface area contributed by atoms with Gasteiger partial charge in [0.05, 0.1) is 14.2 Å². The van der Waals surface area contributed by atoms with Gasteiger partial charge in [-0.25, -0.2) is 4.98 Å². The minimum Gasteiger partial charge on any atom is -0.493 e. The predicted octanol–water partition coefficient (Wildman–Crippen LogP) is 3.65. The molecule has 5 heteroatoms. The van der Waals surface area contributed by atoms with E-state index < -0.39 is 0 Å². The maximum absolute atomic E-state index is 5.38. The molecule has 0 fully saturated rings. The maximum Gasteiger partial charge on any atom is 0.161 e. The average Bonchev–Trinajstić information content (AvgIpc) is 3.15. The van der Waals surface area contributed by atoms with Crippen LogP contribution in [0.1, 0.15) is 24.2 Å². The molecule has 2 aromatic carbocycles. The number of ether oxygens (including phenoxy) is 2. The molecule has 25 heavy (non-hydrogen) atoms. The van der Waals surface area contributed by atoms with Crippen LogP contribution in [-0.2, 0) is 6.54 Å². The van der Waals surface area contributed by atoms with Gasteiger partial charge in [0.15, 0.2) is 11.5 Å². The van der Waals surface area contributed by atoms with Crippen molar-refractivity contribution in [1.82, 2.24) is 4.98 Å². The summed E-state index contributed by atoms with van der Waals surface area (Å²) in [4.78, 5) is 4.77. The fraction of sp³-hybridized carbons (Fsp3) is 0.250. The zero-order valence-corrected chi connectivity index (χ0v) is 15.5. The molecule has 1 heterocycles. The van der Waals surface area contributed by atoms with Crippen molar-refractivity contribution in [2.45, 2.75) is 19.5 Å². The summed E-state index contributed by atoms with van der Waals surface area (Å²) in [7, 11) is 3.29. The van der Waals surface area contributed by atoms with E-state index in [1.165, 1.54) is 5.56 Å². The van der Waals surface area contributed by atoms with Gasteiger partial charge >= 0.3 is 0 Å². The van der Waals surface area contributed by atoms with Crippen molar-refractivity contribution < 1.29 is 14.8 Å². The van der Waals surface area contributed by atoms with E-state index in [1.807, 2.05) is 24.3 Å². The molecule has 0 bridgehead atoms. The van der Waals surface area contributed by atoms with E-state index in [-0.39, 0.29) is 0 Å². The van der Waals surface area contributed by atoms with Crippen LogP contribution in [0.15, 0.2) is 53.9 Å². The zero-order chi connectivity index (χ0) is 17.6. The molecule has 0 saturated carbocycles. The van der Waals surface area contributed by atoms with E-state index in [1.54, 1.807) is 25.6 Å². The van der Waals surface area contributed by atoms with Crippen molar-refractivity contribution in [3.05, 3.63) is 65.2 Å². The van der Waals surface area contributed by atoms with E-state index in [0.29, 0.717) is 6.04 Å². The summed E-state index contributed by atoms with van der Waals surface area (Å²) < 4.78 is 10.7. The fourth-order valence-corrected chi connectivity index (χ4v) is 3.52. The zero-order valence-electron chi connectivity index (χ0n) is 14.7. The first-order valence-electron chi connectivity index (χ1n) is 8.26. The van der Waals surface area contributed by atoms with Crippen LogP contribution in [0.3, 0.4) is 0 Å². The Morgan fingerprint density at radius 3 is 2.52 bits per heavy atom. The molecule has 130 valence electrons. The van der Waals surface area contributed by atoms with Crippen molar-refractivity contribution >= 4 is 11.3 Å². The number of nitrogens with zero attached hydrogens (tertiary/aromatic N) is 1. The smallest absolute Gasteiger partial charge is 0.161 e. The highest BCUT2D eigenvalue weighted by Gasteiger charge is 2.12. The Labute approximate surface area is 152 Å². The van der Waals surface area contributed by atoms with Gasteiger partial charge in [0.2, 0.25) is 0 Å². The minimum absolute atomic E-state index is 0.410. The van der Waals surface area contributed by atoms with Crippen molar-refractivity contribution in [2.24, 2.45) is 0 Å². The van der Waals surface area contributed by atoms with Crippen LogP contribution in [0.5, 0.6) is 11.5 Å². The number of aromatic nitrogens is 1. The summed E-state index contributed by atoms with van der Waals surface area (Å²) in [6, 6.07) is 16.8. The molecule has 3 aromatic rings. The summed E-state index contributed by atoms with van der Waals surface area (Å²) in [6.45, 7) is 3.08. The highest BCUT2D eigenvalue weighted by Crippen LogP contribution is 2.33. The number of nitrogens with two attached hydrogens (primary N) is 1. The van der Waals surface area contributed by atoms with Gasteiger partial charge in [0.1, 0.15) is 23.3 Å². The van der Waals surface area contributed by atoms with Crippen LogP contribution in [0.25, 0.3) is 10.6 Å². The molecule has 0 aliphatic rings. The summed E-state index contributed by atoms with van der Waals surface area (Å²) in [5.74, 6) is 1.45. The number of methoxy groups -OCH3 is 2. The third-order valence-electron chi connectivity index (χ3n) is 4.19. The van der Waals surface area contributed by atoms with E-state index in [2.05, 4.69) is 41.9 Å². The molecule has 0 radical (unpaired) electrons. The van der Waals surface area contributed by atoms with Crippen LogP contribution in [0.2, 0.25) is 0 Å². The molecule has 0 spiro atoms. The Morgan fingerprint density at radius 2 is 1.80 bits per heavy atom. The third kappa shape index (κ3) is 4.18. The lowest BCUT2D eigenvalue weighted by Gasteiger charge is -2.09. The molecule has 3 rings (SSSR count). The largest absolute Gasteiger partial charge is 0.493 e. The van der Waals surface area contributed by atoms with Gasteiger partial charge < -0.3 is 14.8 Å². The summed E-state index contributed by atoms with van der Waals surface area (Å²) >= 11 is 1.66. The Kier molecular flexibility index (Phi) is 5.68. The van der Waals surface area contributed by atoms with Crippen molar-refractivity contribution in [1.29, 1.82) is 0 Å². The van der Waals surface area contributed by atoms with Crippen molar-refractivity contribution in [3.63, 3.8) is 0 Å². The van der Waals surface area contributed by atoms with Crippen LogP contribution in [0.4, 0.5) is 0 Å². The topological polar surface area (TPSA) is 48.0 Å². The molecule has 2 N–H and O–H groups in total. The van der Waals surface area contributed by atoms with Crippen LogP contribution in [-0.4, -0.2) is 19.2 Å². The fourth-order valence-electron chi connectivity index (χ4n) is 2.69. The first kappa shape index (κ1) is 17.5. The van der Waals surface area contributed by atoms with Gasteiger partial charge in [-0.05, 0) is 25.1 Å². The standard InChI is InChI=1S/C20H22N2O2S/c1-14(15-7-5-4-6-8-15)21-12-17-13-25-20(22-17)16-9-10-18(23-2)19(11-16)24-3/h4-11,13-14,21H,12H2,1-3H3/p+1/t14-/m1/s1. The second kappa shape index (κ2) is 8.14. The lowest BCUT2D eigenvalue weighted by atomic mass is 10.1. The summed E-state index contributed by atoms with van der Waals surface area (Å²) in [6.07, 6.45) is 0. The second-order valence-corrected chi connectivity index (χ2v) is 6.71. The van der Waals surface area contributed by atoms with Gasteiger partial charge in [0.25, 0.3) is 0 Å². The lowest BCUT2D eigenvalue weighted by Crippen LogP contribution is -2.83. The molecule has 0 unspecified atom stereocenters. The Balaban J connectivity index is 1.68. The summed E-state index contributed by atoms with van der Waals surface area (Å²) in [5, 5.41) is 5.43. The predicted molar refractivity (Wildman–Crippen MR) is 101 cm³/mol. The van der Waals surface area contributed by atoms with Gasteiger partial charge in [-0.1, -0.05) is 30.3 Å². The highest BCUT2D eigenvalue weighted by atomic mass is 32.1. The summed E-state index contributed by atoms with van der Waals surface area (Å²) in [5.41, 5.74) is 3.47. The monoisotopic (exact) mass is 355 g/mol. The molecule has 1 aromatic heterocycles. The van der Waals surface area contributed by atoms with Gasteiger partial charge in [-0.2, -0.15) is 0 Å². The van der Waals surface area contributed by atoms with Crippen LogP contribution < -0.4 is 14.8 Å². The van der Waals surface area contributed by atoms with Crippen LogP contribution >= 0.6 is 11.3 Å². The number of quaternary nitrogens is 1. The molecular formula is C20H23N2O2S+. The van der Waals surface area contributed by atoms with Gasteiger partial charge in [-0.15, -0.1) is 11.3 Å². The lowest BCUT2D eigenvalue weighted by molar-refractivity contribution is -0.708. The molecule has 0 aliphatic carbocycles. The first-order valence-corrected chi connectivity index (χ1v) is 9.14. The number of thiazole rings is 1. The van der Waals surface area contributed by atoms with E-state index in [9.17, 15) is 0 Å². The quantitative estimate of drug-likeness (QED) is 0.704. The Hall–Kier alpha value is -2.37. The number of benzene rings is 2. The number of hydrogen-bond acceptors (Lipinski definition) is 4. The molecule has 4 nitrogen and oxygen atoms in total. The highest BCUT2D eigenvalue weighted by molar-refractivity contribution is 7.13. The number of hydrogen-bond donors (Lipinski definition) is 1. The van der Waals surface area contributed by atoms with Crippen molar-refractivity contribution in [3.8, 4) is 22.1 Å². The number of rotatable bonds is 7. The second-order valence-electron chi connectivity index (χ2n) is 5.85. The van der Waals surface area contributed by atoms with E-state index >= 15 is 0 Å². The average molecular weight is 355 g/mol. The Morgan fingerprint density at radius 1 is 1.04 bits per heavy atom. The van der Waals surface area contributed by atoms with Gasteiger partial charge in [-0.3, -0.25) is 0 Å². The SMILES string of the molecule is COc1ccc(-c2nc(C[NH2+][C@H](C)c3ccccc3)cs2)cc1OC. The maximum atomic E-state index is 5.38. The molecular weight excluding hydrogens is 332 g/mol. The van der Waals surface area contributed by atoms with Crippen molar-refractivity contribution in [2.75, 3.05) is 14.2 Å². The molecule has 1 atom stereocenters. The normalized spacial score (nSPS) is 12.0. The Bertz CT molecular complexity index is 818. The first-order chi connectivity index (χ1) is 12.2. The molecule has 0 aliphatic heterocycles. The molecule has 0 amide bonds.